The van der Waals surface area contributed by atoms with Crippen LogP contribution in [0.15, 0.2) is 64.1 Å². The van der Waals surface area contributed by atoms with E-state index in [1.165, 1.54) is 16.7 Å². The van der Waals surface area contributed by atoms with Gasteiger partial charge in [0.1, 0.15) is 0 Å². The maximum atomic E-state index is 12.5. The van der Waals surface area contributed by atoms with Gasteiger partial charge in [0, 0.05) is 23.7 Å². The van der Waals surface area contributed by atoms with Crippen LogP contribution in [0.4, 0.5) is 0 Å². The fourth-order valence-corrected chi connectivity index (χ4v) is 3.95. The predicted molar refractivity (Wildman–Crippen MR) is 135 cm³/mol. The Bertz CT molecular complexity index is 750. The maximum absolute atomic E-state index is 12.5. The van der Waals surface area contributed by atoms with E-state index < -0.39 is 0 Å². The van der Waals surface area contributed by atoms with Gasteiger partial charge >= 0.3 is 0 Å². The van der Waals surface area contributed by atoms with Crippen LogP contribution in [-0.4, -0.2) is 38.0 Å². The zero-order valence-electron chi connectivity index (χ0n) is 19.7. The fraction of sp³-hybridized carbons (Fsp3) is 0.500. The first-order valence-electron chi connectivity index (χ1n) is 11.2. The summed E-state index contributed by atoms with van der Waals surface area (Å²) >= 11 is 1.70. The Labute approximate surface area is 193 Å². The number of ether oxygens (including phenoxy) is 1. The molecule has 4 nitrogen and oxygen atoms in total. The van der Waals surface area contributed by atoms with Crippen molar-refractivity contribution in [1.82, 2.24) is 5.32 Å². The molecule has 5 heteroatoms. The van der Waals surface area contributed by atoms with Crippen molar-refractivity contribution in [2.75, 3.05) is 32.1 Å². The first-order chi connectivity index (χ1) is 14.9. The number of nitrogens with two attached hydrogens (primary N) is 1. The highest BCUT2D eigenvalue weighted by molar-refractivity contribution is 7.99. The summed E-state index contributed by atoms with van der Waals surface area (Å²) in [6.45, 7) is 10.7. The standard InChI is InChI=1S/C26H40N2O2S/c1-21(2)9-7-10-22(3)11-8-12-23(4)15-20-31-25-14-6-5-13-24(25)26(29)28-17-19-30-18-16-27/h5-6,9,11,13-15H,7-8,10,12,16-20,27H2,1-4H3,(H,28,29)/b22-11+,23-15+. The summed E-state index contributed by atoms with van der Waals surface area (Å²) < 4.78 is 5.31. The quantitative estimate of drug-likeness (QED) is 0.201. The molecule has 0 atom stereocenters. The fourth-order valence-electron chi connectivity index (χ4n) is 2.91. The van der Waals surface area contributed by atoms with Gasteiger partial charge in [0.25, 0.3) is 5.91 Å². The highest BCUT2D eigenvalue weighted by atomic mass is 32.2. The molecule has 0 heterocycles. The molecule has 0 aliphatic carbocycles. The average Bonchev–Trinajstić information content (AvgIpc) is 2.73. The van der Waals surface area contributed by atoms with E-state index in [0.29, 0.717) is 31.9 Å². The molecule has 0 unspecified atom stereocenters. The minimum absolute atomic E-state index is 0.0612. The van der Waals surface area contributed by atoms with Crippen LogP contribution in [0.25, 0.3) is 0 Å². The van der Waals surface area contributed by atoms with E-state index >= 15 is 0 Å². The molecule has 1 rings (SSSR count). The normalized spacial score (nSPS) is 12.0. The summed E-state index contributed by atoms with van der Waals surface area (Å²) in [5.41, 5.74) is 10.3. The van der Waals surface area contributed by atoms with Crippen molar-refractivity contribution in [3.63, 3.8) is 0 Å². The zero-order chi connectivity index (χ0) is 22.9. The first-order valence-corrected chi connectivity index (χ1v) is 12.1. The third-order valence-electron chi connectivity index (χ3n) is 4.72. The molecule has 1 amide bonds. The predicted octanol–water partition coefficient (Wildman–Crippen LogP) is 5.90. The molecule has 0 spiro atoms. The average molecular weight is 445 g/mol. The van der Waals surface area contributed by atoms with Gasteiger partial charge in [-0.1, -0.05) is 47.1 Å². The Hall–Kier alpha value is -1.82. The van der Waals surface area contributed by atoms with E-state index in [2.05, 4.69) is 51.2 Å². The van der Waals surface area contributed by atoms with Gasteiger partial charge in [-0.25, -0.2) is 0 Å². The molecule has 0 saturated heterocycles. The lowest BCUT2D eigenvalue weighted by Gasteiger charge is -2.10. The monoisotopic (exact) mass is 444 g/mol. The summed E-state index contributed by atoms with van der Waals surface area (Å²) in [7, 11) is 0. The number of allylic oxidation sites excluding steroid dienone is 5. The zero-order valence-corrected chi connectivity index (χ0v) is 20.5. The number of carbonyl (C=O) groups excluding carboxylic acids is 1. The summed E-state index contributed by atoms with van der Waals surface area (Å²) in [4.78, 5) is 13.5. The Morgan fingerprint density at radius 3 is 2.39 bits per heavy atom. The van der Waals surface area contributed by atoms with Gasteiger partial charge in [0.15, 0.2) is 0 Å². The molecule has 0 bridgehead atoms. The molecular weight excluding hydrogens is 404 g/mol. The minimum Gasteiger partial charge on any atom is -0.378 e. The molecule has 1 aromatic carbocycles. The van der Waals surface area contributed by atoms with E-state index in [4.69, 9.17) is 10.5 Å². The SMILES string of the molecule is CC(C)=CCC/C(C)=C/CC/C(C)=C/CSc1ccccc1C(=O)NCCOCCN. The largest absolute Gasteiger partial charge is 0.378 e. The van der Waals surface area contributed by atoms with Crippen LogP contribution in [0.3, 0.4) is 0 Å². The Morgan fingerprint density at radius 2 is 1.68 bits per heavy atom. The molecule has 0 fully saturated rings. The molecule has 31 heavy (non-hydrogen) atoms. The summed E-state index contributed by atoms with van der Waals surface area (Å²) in [5, 5.41) is 2.91. The molecule has 0 saturated carbocycles. The van der Waals surface area contributed by atoms with Gasteiger partial charge in [-0.3, -0.25) is 4.79 Å². The van der Waals surface area contributed by atoms with Crippen LogP contribution in [0.5, 0.6) is 0 Å². The number of rotatable bonds is 15. The van der Waals surface area contributed by atoms with Crippen molar-refractivity contribution in [2.24, 2.45) is 5.73 Å². The summed E-state index contributed by atoms with van der Waals surface area (Å²) in [6.07, 6.45) is 11.4. The van der Waals surface area contributed by atoms with Gasteiger partial charge in [-0.15, -0.1) is 11.8 Å². The number of thioether (sulfide) groups is 1. The molecular formula is C26H40N2O2S. The van der Waals surface area contributed by atoms with Gasteiger partial charge in [-0.2, -0.15) is 0 Å². The highest BCUT2D eigenvalue weighted by Crippen LogP contribution is 2.23. The first kappa shape index (κ1) is 27.2. The molecule has 3 N–H and O–H groups in total. The van der Waals surface area contributed by atoms with E-state index in [0.717, 1.165) is 36.3 Å². The van der Waals surface area contributed by atoms with E-state index in [1.807, 2.05) is 24.3 Å². The number of hydrogen-bond acceptors (Lipinski definition) is 4. The topological polar surface area (TPSA) is 64.3 Å². The minimum atomic E-state index is -0.0612. The molecule has 172 valence electrons. The smallest absolute Gasteiger partial charge is 0.252 e. The van der Waals surface area contributed by atoms with Gasteiger partial charge in [0.05, 0.1) is 18.8 Å². The van der Waals surface area contributed by atoms with E-state index in [-0.39, 0.29) is 5.91 Å². The summed E-state index contributed by atoms with van der Waals surface area (Å²) in [6, 6.07) is 7.75. The lowest BCUT2D eigenvalue weighted by atomic mass is 10.1. The number of amides is 1. The second-order valence-electron chi connectivity index (χ2n) is 7.92. The van der Waals surface area contributed by atoms with Crippen molar-refractivity contribution >= 4 is 17.7 Å². The lowest BCUT2D eigenvalue weighted by molar-refractivity contribution is 0.0917. The second-order valence-corrected chi connectivity index (χ2v) is 8.99. The van der Waals surface area contributed by atoms with Crippen LogP contribution < -0.4 is 11.1 Å². The van der Waals surface area contributed by atoms with Crippen LogP contribution in [0, 0.1) is 0 Å². The molecule has 0 radical (unpaired) electrons. The van der Waals surface area contributed by atoms with Crippen LogP contribution in [-0.2, 0) is 4.74 Å². The second kappa shape index (κ2) is 16.8. The van der Waals surface area contributed by atoms with Crippen molar-refractivity contribution in [3.05, 3.63) is 64.8 Å². The van der Waals surface area contributed by atoms with E-state index in [1.54, 1.807) is 11.8 Å². The Morgan fingerprint density at radius 1 is 1.00 bits per heavy atom. The summed E-state index contributed by atoms with van der Waals surface area (Å²) in [5.74, 6) is 0.799. The van der Waals surface area contributed by atoms with E-state index in [9.17, 15) is 4.79 Å². The van der Waals surface area contributed by atoms with Crippen molar-refractivity contribution in [1.29, 1.82) is 0 Å². The third kappa shape index (κ3) is 13.2. The lowest BCUT2D eigenvalue weighted by Crippen LogP contribution is -2.28. The number of nitrogens with one attached hydrogen (secondary N) is 1. The van der Waals surface area contributed by atoms with Crippen molar-refractivity contribution in [2.45, 2.75) is 58.3 Å². The maximum Gasteiger partial charge on any atom is 0.252 e. The molecule has 0 aromatic heterocycles. The number of carbonyl (C=O) groups is 1. The Balaban J connectivity index is 2.44. The van der Waals surface area contributed by atoms with Crippen molar-refractivity contribution < 1.29 is 9.53 Å². The van der Waals surface area contributed by atoms with Gasteiger partial charge < -0.3 is 15.8 Å². The van der Waals surface area contributed by atoms with Gasteiger partial charge in [-0.05, 0) is 65.5 Å². The third-order valence-corrected chi connectivity index (χ3v) is 5.72. The molecule has 1 aromatic rings. The van der Waals surface area contributed by atoms with Crippen LogP contribution in [0.2, 0.25) is 0 Å². The van der Waals surface area contributed by atoms with Gasteiger partial charge in [0.2, 0.25) is 0 Å². The number of hydrogen-bond donors (Lipinski definition) is 2. The van der Waals surface area contributed by atoms with Crippen LogP contribution >= 0.6 is 11.8 Å². The highest BCUT2D eigenvalue weighted by Gasteiger charge is 2.10. The van der Waals surface area contributed by atoms with Crippen molar-refractivity contribution in [3.8, 4) is 0 Å². The molecule has 0 aliphatic heterocycles. The molecule has 0 aliphatic rings. The van der Waals surface area contributed by atoms with Crippen LogP contribution in [0.1, 0.15) is 63.7 Å². The Kier molecular flexibility index (Phi) is 14.8. The number of benzene rings is 1.